The standard InChI is InChI=1S/C20H21ClN2O/c21-18-7-3-6-16(12-18)20(24)23-11-9-19(14-23)22-10-8-15-4-1-2-5-17(15)13-22/h1-7,12,19H,8-11,13-14H2. The molecule has 4 rings (SSSR count). The van der Waals surface area contributed by atoms with Crippen molar-refractivity contribution in [3.05, 3.63) is 70.2 Å². The molecule has 2 aliphatic heterocycles. The van der Waals surface area contributed by atoms with Gasteiger partial charge >= 0.3 is 0 Å². The van der Waals surface area contributed by atoms with Crippen LogP contribution in [0.4, 0.5) is 0 Å². The second-order valence-corrected chi connectivity index (χ2v) is 7.13. The molecular formula is C20H21ClN2O. The van der Waals surface area contributed by atoms with E-state index in [1.807, 2.05) is 17.0 Å². The number of fused-ring (bicyclic) bond motifs is 1. The van der Waals surface area contributed by atoms with Gasteiger partial charge in [-0.15, -0.1) is 0 Å². The molecule has 0 aliphatic carbocycles. The molecule has 1 atom stereocenters. The van der Waals surface area contributed by atoms with Gasteiger partial charge in [0.15, 0.2) is 0 Å². The first-order valence-electron chi connectivity index (χ1n) is 8.56. The third kappa shape index (κ3) is 3.06. The summed E-state index contributed by atoms with van der Waals surface area (Å²) >= 11 is 6.01. The Kier molecular flexibility index (Phi) is 4.30. The highest BCUT2D eigenvalue weighted by molar-refractivity contribution is 6.30. The molecule has 4 heteroatoms. The van der Waals surface area contributed by atoms with Crippen molar-refractivity contribution in [2.45, 2.75) is 25.4 Å². The fraction of sp³-hybridized carbons (Fsp3) is 0.350. The van der Waals surface area contributed by atoms with Crippen LogP contribution in [-0.2, 0) is 13.0 Å². The highest BCUT2D eigenvalue weighted by Gasteiger charge is 2.32. The van der Waals surface area contributed by atoms with E-state index < -0.39 is 0 Å². The maximum atomic E-state index is 12.7. The van der Waals surface area contributed by atoms with Crippen LogP contribution in [-0.4, -0.2) is 41.4 Å². The summed E-state index contributed by atoms with van der Waals surface area (Å²) in [6.45, 7) is 3.72. The van der Waals surface area contributed by atoms with Gasteiger partial charge in [-0.05, 0) is 42.2 Å². The maximum Gasteiger partial charge on any atom is 0.253 e. The molecule has 1 unspecified atom stereocenters. The summed E-state index contributed by atoms with van der Waals surface area (Å²) in [4.78, 5) is 17.2. The van der Waals surface area contributed by atoms with Gasteiger partial charge in [0.25, 0.3) is 5.91 Å². The van der Waals surface area contributed by atoms with Crippen molar-refractivity contribution in [1.29, 1.82) is 0 Å². The minimum absolute atomic E-state index is 0.0948. The molecule has 3 nitrogen and oxygen atoms in total. The average Bonchev–Trinajstić information content (AvgIpc) is 3.11. The first-order valence-corrected chi connectivity index (χ1v) is 8.94. The number of benzene rings is 2. The van der Waals surface area contributed by atoms with Gasteiger partial charge in [-0.3, -0.25) is 9.69 Å². The van der Waals surface area contributed by atoms with Crippen molar-refractivity contribution >= 4 is 17.5 Å². The zero-order valence-corrected chi connectivity index (χ0v) is 14.4. The molecule has 2 aromatic carbocycles. The van der Waals surface area contributed by atoms with Crippen LogP contribution in [0.3, 0.4) is 0 Å². The van der Waals surface area contributed by atoms with E-state index in [1.165, 1.54) is 11.1 Å². The Hall–Kier alpha value is -1.84. The van der Waals surface area contributed by atoms with Crippen LogP contribution in [0.1, 0.15) is 27.9 Å². The van der Waals surface area contributed by atoms with Crippen LogP contribution in [0, 0.1) is 0 Å². The second-order valence-electron chi connectivity index (χ2n) is 6.69. The monoisotopic (exact) mass is 340 g/mol. The number of hydrogen-bond donors (Lipinski definition) is 0. The van der Waals surface area contributed by atoms with Crippen LogP contribution in [0.5, 0.6) is 0 Å². The van der Waals surface area contributed by atoms with Crippen molar-refractivity contribution in [1.82, 2.24) is 9.80 Å². The van der Waals surface area contributed by atoms with Gasteiger partial charge in [0.1, 0.15) is 0 Å². The highest BCUT2D eigenvalue weighted by Crippen LogP contribution is 2.25. The van der Waals surface area contributed by atoms with Gasteiger partial charge in [0.2, 0.25) is 0 Å². The number of carbonyl (C=O) groups is 1. The average molecular weight is 341 g/mol. The SMILES string of the molecule is O=C(c1cccc(Cl)c1)N1CCC(N2CCc3ccccc3C2)C1. The quantitative estimate of drug-likeness (QED) is 0.833. The van der Waals surface area contributed by atoms with Gasteiger partial charge in [-0.1, -0.05) is 41.9 Å². The molecule has 2 heterocycles. The lowest BCUT2D eigenvalue weighted by Gasteiger charge is -2.33. The normalized spacial score (nSPS) is 20.9. The highest BCUT2D eigenvalue weighted by atomic mass is 35.5. The van der Waals surface area contributed by atoms with Gasteiger partial charge in [-0.2, -0.15) is 0 Å². The molecule has 2 aliphatic rings. The summed E-state index contributed by atoms with van der Waals surface area (Å²) < 4.78 is 0. The first-order chi connectivity index (χ1) is 11.7. The Labute approximate surface area is 147 Å². The van der Waals surface area contributed by atoms with E-state index in [0.29, 0.717) is 16.6 Å². The minimum Gasteiger partial charge on any atom is -0.337 e. The lowest BCUT2D eigenvalue weighted by molar-refractivity contribution is 0.0773. The maximum absolute atomic E-state index is 12.7. The largest absolute Gasteiger partial charge is 0.337 e. The van der Waals surface area contributed by atoms with E-state index in [4.69, 9.17) is 11.6 Å². The van der Waals surface area contributed by atoms with Crippen LogP contribution in [0.15, 0.2) is 48.5 Å². The number of halogens is 1. The van der Waals surface area contributed by atoms with Gasteiger partial charge in [0, 0.05) is 42.8 Å². The summed E-state index contributed by atoms with van der Waals surface area (Å²) in [7, 11) is 0. The molecule has 0 aromatic heterocycles. The van der Waals surface area contributed by atoms with Gasteiger partial charge < -0.3 is 4.90 Å². The molecule has 24 heavy (non-hydrogen) atoms. The summed E-state index contributed by atoms with van der Waals surface area (Å²) in [6.07, 6.45) is 2.16. The first kappa shape index (κ1) is 15.7. The number of carbonyl (C=O) groups excluding carboxylic acids is 1. The second kappa shape index (κ2) is 6.58. The van der Waals surface area contributed by atoms with Gasteiger partial charge in [0.05, 0.1) is 0 Å². The fourth-order valence-corrected chi connectivity index (χ4v) is 4.05. The van der Waals surface area contributed by atoms with Crippen molar-refractivity contribution in [2.75, 3.05) is 19.6 Å². The summed E-state index contributed by atoms with van der Waals surface area (Å²) in [5.74, 6) is 0.0948. The van der Waals surface area contributed by atoms with Crippen molar-refractivity contribution in [3.63, 3.8) is 0 Å². The van der Waals surface area contributed by atoms with E-state index in [0.717, 1.165) is 39.0 Å². The molecule has 0 radical (unpaired) electrons. The molecule has 0 bridgehead atoms. The molecule has 1 saturated heterocycles. The summed E-state index contributed by atoms with van der Waals surface area (Å²) in [5, 5.41) is 0.615. The van der Waals surface area contributed by atoms with E-state index in [2.05, 4.69) is 29.2 Å². The Morgan fingerprint density at radius 1 is 1.04 bits per heavy atom. The Balaban J connectivity index is 1.43. The smallest absolute Gasteiger partial charge is 0.253 e. The zero-order valence-electron chi connectivity index (χ0n) is 13.6. The molecule has 1 amide bonds. The zero-order chi connectivity index (χ0) is 16.5. The Bertz CT molecular complexity index is 761. The van der Waals surface area contributed by atoms with Gasteiger partial charge in [-0.25, -0.2) is 0 Å². The van der Waals surface area contributed by atoms with Crippen LogP contribution >= 0.6 is 11.6 Å². The van der Waals surface area contributed by atoms with Crippen LogP contribution in [0.2, 0.25) is 5.02 Å². The number of amides is 1. The Morgan fingerprint density at radius 2 is 1.88 bits per heavy atom. The van der Waals surface area contributed by atoms with Crippen molar-refractivity contribution in [2.24, 2.45) is 0 Å². The molecule has 0 saturated carbocycles. The van der Waals surface area contributed by atoms with E-state index in [9.17, 15) is 4.79 Å². The number of likely N-dealkylation sites (tertiary alicyclic amines) is 1. The molecule has 1 fully saturated rings. The molecule has 124 valence electrons. The third-order valence-corrected chi connectivity index (χ3v) is 5.43. The minimum atomic E-state index is 0.0948. The van der Waals surface area contributed by atoms with E-state index in [1.54, 1.807) is 12.1 Å². The third-order valence-electron chi connectivity index (χ3n) is 5.20. The van der Waals surface area contributed by atoms with Crippen LogP contribution in [0.25, 0.3) is 0 Å². The lowest BCUT2D eigenvalue weighted by Crippen LogP contribution is -2.41. The van der Waals surface area contributed by atoms with Crippen LogP contribution < -0.4 is 0 Å². The Morgan fingerprint density at radius 3 is 2.71 bits per heavy atom. The topological polar surface area (TPSA) is 23.6 Å². The fourth-order valence-electron chi connectivity index (χ4n) is 3.86. The summed E-state index contributed by atoms with van der Waals surface area (Å²) in [6, 6.07) is 16.4. The summed E-state index contributed by atoms with van der Waals surface area (Å²) in [5.41, 5.74) is 3.59. The predicted octanol–water partition coefficient (Wildman–Crippen LogP) is 3.61. The number of rotatable bonds is 2. The van der Waals surface area contributed by atoms with Crippen molar-refractivity contribution in [3.8, 4) is 0 Å². The van der Waals surface area contributed by atoms with E-state index in [-0.39, 0.29) is 5.91 Å². The number of hydrogen-bond acceptors (Lipinski definition) is 2. The molecule has 2 aromatic rings. The number of nitrogens with zero attached hydrogens (tertiary/aromatic N) is 2. The molecule has 0 spiro atoms. The van der Waals surface area contributed by atoms with Crippen molar-refractivity contribution < 1.29 is 4.79 Å². The lowest BCUT2D eigenvalue weighted by atomic mass is 9.98. The van der Waals surface area contributed by atoms with E-state index >= 15 is 0 Å². The molecular weight excluding hydrogens is 320 g/mol. The molecule has 0 N–H and O–H groups in total. The predicted molar refractivity (Wildman–Crippen MR) is 96.3 cm³/mol.